The molecule has 0 aliphatic rings. The SMILES string of the molecule is CCNC(=O)[C@H](CC)N(CCc1ccccc1)C(=O)Cc1ccc(C)cc1. The van der Waals surface area contributed by atoms with E-state index in [1.165, 1.54) is 5.56 Å². The molecular weight excluding hydrogens is 336 g/mol. The maximum absolute atomic E-state index is 13.1. The fourth-order valence-corrected chi connectivity index (χ4v) is 3.17. The van der Waals surface area contributed by atoms with E-state index >= 15 is 0 Å². The van der Waals surface area contributed by atoms with E-state index in [9.17, 15) is 9.59 Å². The Morgan fingerprint density at radius 2 is 1.63 bits per heavy atom. The van der Waals surface area contributed by atoms with E-state index in [0.29, 0.717) is 25.9 Å². The number of rotatable bonds is 9. The highest BCUT2D eigenvalue weighted by Gasteiger charge is 2.27. The number of hydrogen-bond donors (Lipinski definition) is 1. The first-order valence-corrected chi connectivity index (χ1v) is 9.71. The number of nitrogens with one attached hydrogen (secondary N) is 1. The molecular formula is C23H30N2O2. The van der Waals surface area contributed by atoms with E-state index in [4.69, 9.17) is 0 Å². The number of aryl methyl sites for hydroxylation is 1. The molecule has 2 aromatic carbocycles. The van der Waals surface area contributed by atoms with Gasteiger partial charge in [0, 0.05) is 13.1 Å². The van der Waals surface area contributed by atoms with Crippen molar-refractivity contribution in [3.8, 4) is 0 Å². The molecule has 4 nitrogen and oxygen atoms in total. The van der Waals surface area contributed by atoms with Crippen molar-refractivity contribution in [2.45, 2.75) is 46.1 Å². The average Bonchev–Trinajstić information content (AvgIpc) is 2.67. The van der Waals surface area contributed by atoms with E-state index in [2.05, 4.69) is 17.4 Å². The first-order valence-electron chi connectivity index (χ1n) is 9.71. The highest BCUT2D eigenvalue weighted by Crippen LogP contribution is 2.12. The number of benzene rings is 2. The Morgan fingerprint density at radius 1 is 0.963 bits per heavy atom. The third-order valence-corrected chi connectivity index (χ3v) is 4.70. The van der Waals surface area contributed by atoms with E-state index in [1.54, 1.807) is 4.90 Å². The average molecular weight is 367 g/mol. The third-order valence-electron chi connectivity index (χ3n) is 4.70. The Bertz CT molecular complexity index is 726. The highest BCUT2D eigenvalue weighted by molar-refractivity contribution is 5.88. The molecule has 4 heteroatoms. The zero-order valence-corrected chi connectivity index (χ0v) is 16.6. The third kappa shape index (κ3) is 6.24. The second-order valence-electron chi connectivity index (χ2n) is 6.80. The van der Waals surface area contributed by atoms with Crippen LogP contribution in [0.5, 0.6) is 0 Å². The smallest absolute Gasteiger partial charge is 0.242 e. The summed E-state index contributed by atoms with van der Waals surface area (Å²) in [6.45, 7) is 6.97. The molecule has 1 atom stereocenters. The molecule has 0 aliphatic carbocycles. The lowest BCUT2D eigenvalue weighted by molar-refractivity contribution is -0.140. The van der Waals surface area contributed by atoms with Gasteiger partial charge in [-0.2, -0.15) is 0 Å². The topological polar surface area (TPSA) is 49.4 Å². The maximum atomic E-state index is 13.1. The second-order valence-corrected chi connectivity index (χ2v) is 6.80. The van der Waals surface area contributed by atoms with Crippen molar-refractivity contribution in [1.82, 2.24) is 10.2 Å². The van der Waals surface area contributed by atoms with Gasteiger partial charge in [0.05, 0.1) is 6.42 Å². The molecule has 1 N–H and O–H groups in total. The summed E-state index contributed by atoms with van der Waals surface area (Å²) in [6, 6.07) is 17.6. The monoisotopic (exact) mass is 366 g/mol. The van der Waals surface area contributed by atoms with Gasteiger partial charge in [0.15, 0.2) is 0 Å². The van der Waals surface area contributed by atoms with Crippen LogP contribution in [0.25, 0.3) is 0 Å². The predicted octanol–water partition coefficient (Wildman–Crippen LogP) is 3.52. The van der Waals surface area contributed by atoms with Crippen molar-refractivity contribution in [3.05, 3.63) is 71.3 Å². The first-order chi connectivity index (χ1) is 13.0. The minimum atomic E-state index is -0.438. The zero-order valence-electron chi connectivity index (χ0n) is 16.6. The molecule has 144 valence electrons. The normalized spacial score (nSPS) is 11.7. The molecule has 27 heavy (non-hydrogen) atoms. The van der Waals surface area contributed by atoms with Gasteiger partial charge < -0.3 is 10.2 Å². The molecule has 0 saturated carbocycles. The van der Waals surface area contributed by atoms with Crippen LogP contribution in [0, 0.1) is 6.92 Å². The number of likely N-dealkylation sites (N-methyl/N-ethyl adjacent to an activating group) is 1. The molecule has 2 amide bonds. The molecule has 0 aromatic heterocycles. The van der Waals surface area contributed by atoms with E-state index in [0.717, 1.165) is 17.5 Å². The Kier molecular flexibility index (Phi) is 8.05. The first kappa shape index (κ1) is 20.7. The highest BCUT2D eigenvalue weighted by atomic mass is 16.2. The lowest BCUT2D eigenvalue weighted by atomic mass is 10.1. The Hall–Kier alpha value is -2.62. The van der Waals surface area contributed by atoms with Gasteiger partial charge in [-0.05, 0) is 37.8 Å². The van der Waals surface area contributed by atoms with Gasteiger partial charge in [-0.25, -0.2) is 0 Å². The van der Waals surface area contributed by atoms with Crippen molar-refractivity contribution < 1.29 is 9.59 Å². The standard InChI is InChI=1S/C23H30N2O2/c1-4-21(23(27)24-5-2)25(16-15-19-9-7-6-8-10-19)22(26)17-20-13-11-18(3)12-14-20/h6-14,21H,4-5,15-17H2,1-3H3,(H,24,27)/t21-/m0/s1. The molecule has 0 radical (unpaired) electrons. The van der Waals surface area contributed by atoms with Crippen molar-refractivity contribution >= 4 is 11.8 Å². The van der Waals surface area contributed by atoms with Gasteiger partial charge >= 0.3 is 0 Å². The lowest BCUT2D eigenvalue weighted by Crippen LogP contribution is -2.50. The number of carbonyl (C=O) groups is 2. The molecule has 0 spiro atoms. The summed E-state index contributed by atoms with van der Waals surface area (Å²) in [5, 5.41) is 2.87. The summed E-state index contributed by atoms with van der Waals surface area (Å²) < 4.78 is 0. The molecule has 2 aromatic rings. The molecule has 0 saturated heterocycles. The minimum Gasteiger partial charge on any atom is -0.355 e. The van der Waals surface area contributed by atoms with Crippen molar-refractivity contribution in [3.63, 3.8) is 0 Å². The number of amides is 2. The summed E-state index contributed by atoms with van der Waals surface area (Å²) in [7, 11) is 0. The van der Waals surface area contributed by atoms with Gasteiger partial charge in [-0.15, -0.1) is 0 Å². The van der Waals surface area contributed by atoms with Crippen LogP contribution >= 0.6 is 0 Å². The van der Waals surface area contributed by atoms with E-state index in [-0.39, 0.29) is 11.8 Å². The van der Waals surface area contributed by atoms with Crippen LogP contribution in [0.4, 0.5) is 0 Å². The Labute approximate surface area is 162 Å². The van der Waals surface area contributed by atoms with Crippen molar-refractivity contribution in [1.29, 1.82) is 0 Å². The summed E-state index contributed by atoms with van der Waals surface area (Å²) in [5.74, 6) is -0.0850. The second kappa shape index (κ2) is 10.5. The number of carbonyl (C=O) groups excluding carboxylic acids is 2. The van der Waals surface area contributed by atoms with Gasteiger partial charge in [0.2, 0.25) is 11.8 Å². The lowest BCUT2D eigenvalue weighted by Gasteiger charge is -2.30. The van der Waals surface area contributed by atoms with Crippen molar-refractivity contribution in [2.75, 3.05) is 13.1 Å². The predicted molar refractivity (Wildman–Crippen MR) is 110 cm³/mol. The van der Waals surface area contributed by atoms with Crippen LogP contribution in [0.2, 0.25) is 0 Å². The van der Waals surface area contributed by atoms with Gasteiger partial charge in [0.1, 0.15) is 6.04 Å². The molecule has 0 unspecified atom stereocenters. The molecule has 0 heterocycles. The quantitative estimate of drug-likeness (QED) is 0.738. The van der Waals surface area contributed by atoms with Crippen LogP contribution < -0.4 is 5.32 Å². The fourth-order valence-electron chi connectivity index (χ4n) is 3.17. The molecule has 2 rings (SSSR count). The summed E-state index contributed by atoms with van der Waals surface area (Å²) >= 11 is 0. The van der Waals surface area contributed by atoms with Crippen LogP contribution in [0.1, 0.15) is 37.0 Å². The van der Waals surface area contributed by atoms with E-state index < -0.39 is 6.04 Å². The zero-order chi connectivity index (χ0) is 19.6. The van der Waals surface area contributed by atoms with Crippen LogP contribution in [-0.2, 0) is 22.4 Å². The fraction of sp³-hybridized carbons (Fsp3) is 0.391. The van der Waals surface area contributed by atoms with Gasteiger partial charge in [-0.1, -0.05) is 67.1 Å². The van der Waals surface area contributed by atoms with Crippen LogP contribution in [0.15, 0.2) is 54.6 Å². The Balaban J connectivity index is 2.16. The minimum absolute atomic E-state index is 0.00659. The summed E-state index contributed by atoms with van der Waals surface area (Å²) in [5.41, 5.74) is 3.30. The van der Waals surface area contributed by atoms with Crippen LogP contribution in [0.3, 0.4) is 0 Å². The molecule has 0 aliphatic heterocycles. The van der Waals surface area contributed by atoms with Gasteiger partial charge in [-0.3, -0.25) is 9.59 Å². The molecule has 0 bridgehead atoms. The number of hydrogen-bond acceptors (Lipinski definition) is 2. The van der Waals surface area contributed by atoms with Crippen LogP contribution in [-0.4, -0.2) is 35.8 Å². The molecule has 0 fully saturated rings. The van der Waals surface area contributed by atoms with E-state index in [1.807, 2.05) is 63.2 Å². The summed E-state index contributed by atoms with van der Waals surface area (Å²) in [4.78, 5) is 27.3. The Morgan fingerprint density at radius 3 is 2.22 bits per heavy atom. The largest absolute Gasteiger partial charge is 0.355 e. The number of nitrogens with zero attached hydrogens (tertiary/aromatic N) is 1. The van der Waals surface area contributed by atoms with Gasteiger partial charge in [0.25, 0.3) is 0 Å². The van der Waals surface area contributed by atoms with Crippen molar-refractivity contribution in [2.24, 2.45) is 0 Å². The maximum Gasteiger partial charge on any atom is 0.242 e. The summed E-state index contributed by atoms with van der Waals surface area (Å²) in [6.07, 6.45) is 1.64.